The van der Waals surface area contributed by atoms with Gasteiger partial charge in [0.05, 0.1) is 23.6 Å². The number of ether oxygens (including phenoxy) is 1. The number of halogens is 1. The van der Waals surface area contributed by atoms with E-state index >= 15 is 0 Å². The number of aromatic nitrogens is 2. The molecule has 40 heavy (non-hydrogen) atoms. The molecule has 1 amide bonds. The van der Waals surface area contributed by atoms with Crippen molar-refractivity contribution in [2.45, 2.75) is 16.1 Å². The van der Waals surface area contributed by atoms with Crippen molar-refractivity contribution in [2.24, 2.45) is 0 Å². The second-order valence-electron chi connectivity index (χ2n) is 8.51. The molecule has 1 aromatic heterocycles. The number of ketones is 1. The molecule has 0 radical (unpaired) electrons. The van der Waals surface area contributed by atoms with Crippen molar-refractivity contribution in [1.29, 1.82) is 0 Å². The number of nitro benzene ring substituents is 1. The molecule has 1 aliphatic rings. The third-order valence-electron chi connectivity index (χ3n) is 6.10. The van der Waals surface area contributed by atoms with Crippen LogP contribution in [-0.2, 0) is 15.3 Å². The Morgan fingerprint density at radius 2 is 1.75 bits per heavy atom. The molecule has 1 atom stereocenters. The Morgan fingerprint density at radius 1 is 1.07 bits per heavy atom. The van der Waals surface area contributed by atoms with Crippen LogP contribution in [0.5, 0.6) is 5.75 Å². The molecule has 1 fully saturated rings. The first-order valence-electron chi connectivity index (χ1n) is 11.7. The fraction of sp³-hybridized carbons (Fsp3) is 0.111. The molecule has 0 aliphatic carbocycles. The van der Waals surface area contributed by atoms with Crippen LogP contribution in [0.25, 0.3) is 5.76 Å². The molecule has 3 aromatic carbocycles. The third kappa shape index (κ3) is 5.41. The summed E-state index contributed by atoms with van der Waals surface area (Å²) in [6.45, 7) is 0. The summed E-state index contributed by atoms with van der Waals surface area (Å²) in [5.41, 5.74) is 1.35. The lowest BCUT2D eigenvalue weighted by Crippen LogP contribution is -2.29. The molecule has 4 aromatic rings. The number of anilines is 1. The molecule has 202 valence electrons. The third-order valence-corrected chi connectivity index (χ3v) is 8.48. The maximum absolute atomic E-state index is 13.4. The Labute approximate surface area is 241 Å². The largest absolute Gasteiger partial charge is 0.507 e. The van der Waals surface area contributed by atoms with Gasteiger partial charge in [0.2, 0.25) is 5.13 Å². The predicted molar refractivity (Wildman–Crippen MR) is 152 cm³/mol. The molecule has 0 bridgehead atoms. The quantitative estimate of drug-likeness (QED) is 0.0493. The van der Waals surface area contributed by atoms with Gasteiger partial charge in [-0.1, -0.05) is 46.8 Å². The molecule has 1 aliphatic heterocycles. The zero-order chi connectivity index (χ0) is 28.4. The van der Waals surface area contributed by atoms with Crippen molar-refractivity contribution >= 4 is 63.0 Å². The maximum Gasteiger partial charge on any atom is 0.301 e. The lowest BCUT2D eigenvalue weighted by molar-refractivity contribution is -0.384. The van der Waals surface area contributed by atoms with Crippen molar-refractivity contribution in [3.8, 4) is 5.75 Å². The van der Waals surface area contributed by atoms with Gasteiger partial charge in [-0.05, 0) is 59.7 Å². The fourth-order valence-corrected chi connectivity index (χ4v) is 6.06. The molecule has 2 heterocycles. The van der Waals surface area contributed by atoms with E-state index in [0.29, 0.717) is 32.0 Å². The topological polar surface area (TPSA) is 136 Å². The van der Waals surface area contributed by atoms with Crippen LogP contribution in [0.4, 0.5) is 10.8 Å². The second kappa shape index (κ2) is 11.5. The van der Waals surface area contributed by atoms with Crippen molar-refractivity contribution < 1.29 is 24.4 Å². The molecule has 1 unspecified atom stereocenters. The summed E-state index contributed by atoms with van der Waals surface area (Å²) in [5, 5.41) is 31.6. The number of methoxy groups -OCH3 is 1. The van der Waals surface area contributed by atoms with Crippen LogP contribution in [-0.4, -0.2) is 39.0 Å². The van der Waals surface area contributed by atoms with Crippen LogP contribution in [0.3, 0.4) is 0 Å². The van der Waals surface area contributed by atoms with Gasteiger partial charge in [-0.15, -0.1) is 10.2 Å². The van der Waals surface area contributed by atoms with Gasteiger partial charge in [-0.2, -0.15) is 0 Å². The van der Waals surface area contributed by atoms with Gasteiger partial charge in [-0.3, -0.25) is 24.6 Å². The van der Waals surface area contributed by atoms with Gasteiger partial charge < -0.3 is 9.84 Å². The Bertz CT molecular complexity index is 1620. The Morgan fingerprint density at radius 3 is 2.38 bits per heavy atom. The number of aliphatic hydroxyl groups excluding tert-OH is 1. The standard InChI is InChI=1S/C27H19ClN4O6S2/c1-38-20-12-6-17(7-13-20)23(33)21-22(16-4-10-19(11-5-16)32(36)37)31(25(35)24(21)34)26-29-30-27(40-26)39-14-15-2-8-18(28)9-3-15/h2-13,22,33H,14H2,1H3/b23-21-. The molecular formula is C27H19ClN4O6S2. The number of Topliss-reactive ketones (excluding diaryl/α,β-unsaturated/α-hetero) is 1. The number of nitro groups is 1. The second-order valence-corrected chi connectivity index (χ2v) is 11.1. The predicted octanol–water partition coefficient (Wildman–Crippen LogP) is 6.03. The number of nitrogens with zero attached hydrogens (tertiary/aromatic N) is 4. The van der Waals surface area contributed by atoms with Crippen LogP contribution < -0.4 is 9.64 Å². The maximum atomic E-state index is 13.4. The minimum atomic E-state index is -1.09. The average molecular weight is 595 g/mol. The Hall–Kier alpha value is -4.26. The number of amides is 1. The number of rotatable bonds is 8. The van der Waals surface area contributed by atoms with Crippen molar-refractivity contribution in [2.75, 3.05) is 12.0 Å². The molecule has 10 nitrogen and oxygen atoms in total. The van der Waals surface area contributed by atoms with E-state index in [1.807, 2.05) is 12.1 Å². The zero-order valence-electron chi connectivity index (χ0n) is 20.7. The van der Waals surface area contributed by atoms with E-state index in [0.717, 1.165) is 16.9 Å². The molecular weight excluding hydrogens is 576 g/mol. The summed E-state index contributed by atoms with van der Waals surface area (Å²) in [6.07, 6.45) is 0. The number of aliphatic hydroxyl groups is 1. The average Bonchev–Trinajstić information content (AvgIpc) is 3.54. The molecule has 5 rings (SSSR count). The van der Waals surface area contributed by atoms with E-state index < -0.39 is 28.4 Å². The number of benzene rings is 3. The highest BCUT2D eigenvalue weighted by atomic mass is 35.5. The number of carbonyl (C=O) groups is 2. The van der Waals surface area contributed by atoms with E-state index in [2.05, 4.69) is 10.2 Å². The van der Waals surface area contributed by atoms with Crippen LogP contribution in [0.15, 0.2) is 82.7 Å². The Kier molecular flexibility index (Phi) is 7.83. The smallest absolute Gasteiger partial charge is 0.301 e. The summed E-state index contributed by atoms with van der Waals surface area (Å²) in [5.74, 6) is -1.09. The first-order chi connectivity index (χ1) is 19.3. The van der Waals surface area contributed by atoms with Crippen molar-refractivity contribution in [3.05, 3.63) is 110 Å². The zero-order valence-corrected chi connectivity index (χ0v) is 23.1. The van der Waals surface area contributed by atoms with Gasteiger partial charge in [0.25, 0.3) is 11.5 Å². The van der Waals surface area contributed by atoms with Crippen LogP contribution in [0, 0.1) is 10.1 Å². The first-order valence-corrected chi connectivity index (χ1v) is 13.9. The molecule has 1 saturated heterocycles. The number of hydrogen-bond donors (Lipinski definition) is 1. The number of thioether (sulfide) groups is 1. The summed E-state index contributed by atoms with van der Waals surface area (Å²) in [6, 6.07) is 18.0. The highest BCUT2D eigenvalue weighted by Gasteiger charge is 2.48. The summed E-state index contributed by atoms with van der Waals surface area (Å²) in [4.78, 5) is 38.5. The molecule has 0 saturated carbocycles. The van der Waals surface area contributed by atoms with Gasteiger partial charge in [0.1, 0.15) is 11.5 Å². The lowest BCUT2D eigenvalue weighted by atomic mass is 9.95. The molecule has 0 spiro atoms. The minimum Gasteiger partial charge on any atom is -0.507 e. The van der Waals surface area contributed by atoms with Gasteiger partial charge in [-0.25, -0.2) is 0 Å². The van der Waals surface area contributed by atoms with E-state index in [9.17, 15) is 24.8 Å². The van der Waals surface area contributed by atoms with E-state index in [-0.39, 0.29) is 16.4 Å². The normalized spacial score (nSPS) is 16.4. The summed E-state index contributed by atoms with van der Waals surface area (Å²) >= 11 is 8.47. The minimum absolute atomic E-state index is 0.151. The monoisotopic (exact) mass is 594 g/mol. The fourth-order valence-electron chi connectivity index (χ4n) is 4.11. The summed E-state index contributed by atoms with van der Waals surface area (Å²) < 4.78 is 5.72. The van der Waals surface area contributed by atoms with Gasteiger partial charge >= 0.3 is 5.91 Å². The van der Waals surface area contributed by atoms with Crippen LogP contribution in [0.2, 0.25) is 5.02 Å². The van der Waals surface area contributed by atoms with Gasteiger partial charge in [0.15, 0.2) is 4.34 Å². The van der Waals surface area contributed by atoms with E-state index in [1.54, 1.807) is 36.4 Å². The highest BCUT2D eigenvalue weighted by Crippen LogP contribution is 2.44. The van der Waals surface area contributed by atoms with Crippen LogP contribution >= 0.6 is 34.7 Å². The lowest BCUT2D eigenvalue weighted by Gasteiger charge is -2.22. The highest BCUT2D eigenvalue weighted by molar-refractivity contribution is 8.00. The molecule has 1 N–H and O–H groups in total. The number of hydrogen-bond acceptors (Lipinski definition) is 10. The van der Waals surface area contributed by atoms with Crippen molar-refractivity contribution in [1.82, 2.24) is 10.2 Å². The van der Waals surface area contributed by atoms with Crippen molar-refractivity contribution in [3.63, 3.8) is 0 Å². The SMILES string of the molecule is COc1ccc(/C(O)=C2/C(=O)C(=O)N(c3nnc(SCc4ccc(Cl)cc4)s3)C2c2ccc([N+](=O)[O-])cc2)cc1. The number of carbonyl (C=O) groups excluding carboxylic acids is 2. The summed E-state index contributed by atoms with van der Waals surface area (Å²) in [7, 11) is 1.50. The first kappa shape index (κ1) is 27.3. The Balaban J connectivity index is 1.54. The number of non-ortho nitro benzene ring substituents is 1. The van der Waals surface area contributed by atoms with E-state index in [4.69, 9.17) is 16.3 Å². The van der Waals surface area contributed by atoms with Crippen LogP contribution in [0.1, 0.15) is 22.7 Å². The van der Waals surface area contributed by atoms with E-state index in [1.165, 1.54) is 48.0 Å². The molecule has 13 heteroatoms. The van der Waals surface area contributed by atoms with Gasteiger partial charge in [0, 0.05) is 28.5 Å².